The van der Waals surface area contributed by atoms with E-state index in [1.54, 1.807) is 30.3 Å². The maximum absolute atomic E-state index is 12.5. The van der Waals surface area contributed by atoms with Crippen LogP contribution in [-0.2, 0) is 4.79 Å². The highest BCUT2D eigenvalue weighted by Gasteiger charge is 2.17. The number of phenols is 1. The fourth-order valence-corrected chi connectivity index (χ4v) is 3.18. The quantitative estimate of drug-likeness (QED) is 0.146. The van der Waals surface area contributed by atoms with Gasteiger partial charge >= 0.3 is 5.97 Å². The number of rotatable bonds is 13. The van der Waals surface area contributed by atoms with Gasteiger partial charge in [0.05, 0.1) is 17.5 Å². The van der Waals surface area contributed by atoms with Gasteiger partial charge in [-0.3, -0.25) is 9.59 Å². The molecule has 0 aliphatic carbocycles. The lowest BCUT2D eigenvalue weighted by molar-refractivity contribution is -0.118. The maximum Gasteiger partial charge on any atom is 0.343 e. The molecule has 2 aromatic carbocycles. The fraction of sp³-hybridized carbons (Fsp3) is 0.400. The van der Waals surface area contributed by atoms with Crippen molar-refractivity contribution < 1.29 is 24.2 Å². The molecule has 5 nitrogen and oxygen atoms in total. The van der Waals surface area contributed by atoms with Gasteiger partial charge in [-0.25, -0.2) is 4.79 Å². The van der Waals surface area contributed by atoms with Crippen LogP contribution in [0.1, 0.15) is 85.4 Å². The summed E-state index contributed by atoms with van der Waals surface area (Å²) in [7, 11) is 0. The summed E-state index contributed by atoms with van der Waals surface area (Å²) in [4.78, 5) is 36.8. The zero-order chi connectivity index (χ0) is 21.8. The summed E-state index contributed by atoms with van der Waals surface area (Å²) < 4.78 is 5.28. The average molecular weight is 411 g/mol. The van der Waals surface area contributed by atoms with Gasteiger partial charge in [0.1, 0.15) is 17.3 Å². The first kappa shape index (κ1) is 23.3. The van der Waals surface area contributed by atoms with Crippen molar-refractivity contribution in [3.63, 3.8) is 0 Å². The normalized spacial score (nSPS) is 10.6. The Kier molecular flexibility index (Phi) is 9.78. The van der Waals surface area contributed by atoms with Gasteiger partial charge in [-0.1, -0.05) is 63.6 Å². The number of phenolic OH excluding ortho intramolecular Hbond substituents is 1. The second-order valence-electron chi connectivity index (χ2n) is 7.44. The Labute approximate surface area is 178 Å². The summed E-state index contributed by atoms with van der Waals surface area (Å²) in [5.41, 5.74) is 0.365. The number of Topliss-reactive ketones (excluding diaryl/α,β-unsaturated/α-hetero) is 2. The van der Waals surface area contributed by atoms with E-state index >= 15 is 0 Å². The molecule has 0 aliphatic heterocycles. The minimum absolute atomic E-state index is 0.0127. The minimum atomic E-state index is -0.560. The summed E-state index contributed by atoms with van der Waals surface area (Å²) >= 11 is 0. The van der Waals surface area contributed by atoms with Crippen LogP contribution in [0.4, 0.5) is 0 Å². The number of ether oxygens (including phenoxy) is 1. The molecule has 2 aromatic rings. The number of benzene rings is 2. The van der Waals surface area contributed by atoms with E-state index < -0.39 is 11.8 Å². The van der Waals surface area contributed by atoms with Crippen molar-refractivity contribution in [2.45, 2.75) is 64.7 Å². The van der Waals surface area contributed by atoms with Gasteiger partial charge in [0, 0.05) is 6.42 Å². The van der Waals surface area contributed by atoms with Crippen LogP contribution >= 0.6 is 0 Å². The molecule has 0 heterocycles. The van der Waals surface area contributed by atoms with Crippen molar-refractivity contribution in [3.05, 3.63) is 59.7 Å². The number of hydrogen-bond acceptors (Lipinski definition) is 5. The highest BCUT2D eigenvalue weighted by atomic mass is 16.5. The summed E-state index contributed by atoms with van der Waals surface area (Å²) in [6.07, 6.45) is 7.84. The largest absolute Gasteiger partial charge is 0.507 e. The lowest BCUT2D eigenvalue weighted by Gasteiger charge is -2.08. The number of carbonyl (C=O) groups is 3. The highest BCUT2D eigenvalue weighted by molar-refractivity contribution is 6.09. The fourth-order valence-electron chi connectivity index (χ4n) is 3.18. The molecule has 1 N–H and O–H groups in total. The number of unbranched alkanes of at least 4 members (excludes halogenated alkanes) is 6. The van der Waals surface area contributed by atoms with E-state index in [1.165, 1.54) is 43.9 Å². The Morgan fingerprint density at radius 3 is 2.23 bits per heavy atom. The Morgan fingerprint density at radius 2 is 1.53 bits per heavy atom. The Morgan fingerprint density at radius 1 is 0.867 bits per heavy atom. The Bertz CT molecular complexity index is 842. The number of aromatic hydroxyl groups is 1. The van der Waals surface area contributed by atoms with Crippen molar-refractivity contribution in [1.29, 1.82) is 0 Å². The molecule has 0 saturated heterocycles. The number of ketones is 2. The molecule has 0 fully saturated rings. The van der Waals surface area contributed by atoms with Crippen LogP contribution in [0, 0.1) is 0 Å². The predicted octanol–water partition coefficient (Wildman–Crippen LogP) is 5.89. The van der Waals surface area contributed by atoms with Crippen molar-refractivity contribution in [3.8, 4) is 11.5 Å². The van der Waals surface area contributed by atoms with Crippen molar-refractivity contribution >= 4 is 17.5 Å². The van der Waals surface area contributed by atoms with E-state index in [-0.39, 0.29) is 29.3 Å². The molecule has 0 saturated carbocycles. The molecular formula is C25H30O5. The van der Waals surface area contributed by atoms with Crippen LogP contribution in [0.3, 0.4) is 0 Å². The monoisotopic (exact) mass is 410 g/mol. The first-order chi connectivity index (χ1) is 14.5. The van der Waals surface area contributed by atoms with E-state index in [2.05, 4.69) is 6.92 Å². The third kappa shape index (κ3) is 7.82. The van der Waals surface area contributed by atoms with Crippen LogP contribution in [-0.4, -0.2) is 22.6 Å². The standard InChI is InChI=1S/C25H30O5/c1-2-3-4-5-6-7-11-14-20(26)17-24(28)22-18-21(15-16-23(22)27)30-25(29)19-12-9-8-10-13-19/h8-10,12-13,15-16,18,27H,2-7,11,14,17H2,1H3. The molecule has 2 rings (SSSR count). The maximum atomic E-state index is 12.5. The van der Waals surface area contributed by atoms with Gasteiger partial charge in [0.15, 0.2) is 5.78 Å². The lowest BCUT2D eigenvalue weighted by atomic mass is 10.0. The lowest BCUT2D eigenvalue weighted by Crippen LogP contribution is -2.11. The van der Waals surface area contributed by atoms with E-state index in [9.17, 15) is 19.5 Å². The minimum Gasteiger partial charge on any atom is -0.507 e. The van der Waals surface area contributed by atoms with Gasteiger partial charge < -0.3 is 9.84 Å². The van der Waals surface area contributed by atoms with E-state index in [1.807, 2.05) is 0 Å². The van der Waals surface area contributed by atoms with Gasteiger partial charge in [-0.05, 0) is 36.8 Å². The molecule has 0 unspecified atom stereocenters. The second kappa shape index (κ2) is 12.6. The molecule has 0 spiro atoms. The topological polar surface area (TPSA) is 80.7 Å². The first-order valence-corrected chi connectivity index (χ1v) is 10.7. The third-order valence-corrected chi connectivity index (χ3v) is 4.91. The van der Waals surface area contributed by atoms with Crippen molar-refractivity contribution in [1.82, 2.24) is 0 Å². The number of carbonyl (C=O) groups excluding carboxylic acids is 3. The van der Waals surface area contributed by atoms with Gasteiger partial charge in [0.2, 0.25) is 0 Å². The summed E-state index contributed by atoms with van der Waals surface area (Å²) in [5.74, 6) is -1.26. The summed E-state index contributed by atoms with van der Waals surface area (Å²) in [5, 5.41) is 10.0. The summed E-state index contributed by atoms with van der Waals surface area (Å²) in [6, 6.07) is 12.5. The predicted molar refractivity (Wildman–Crippen MR) is 116 cm³/mol. The molecule has 0 aliphatic rings. The van der Waals surface area contributed by atoms with Crippen molar-refractivity contribution in [2.24, 2.45) is 0 Å². The Balaban J connectivity index is 1.85. The van der Waals surface area contributed by atoms with Crippen LogP contribution in [0.25, 0.3) is 0 Å². The second-order valence-corrected chi connectivity index (χ2v) is 7.44. The molecule has 0 amide bonds. The highest BCUT2D eigenvalue weighted by Crippen LogP contribution is 2.25. The number of hydrogen-bond donors (Lipinski definition) is 1. The SMILES string of the molecule is CCCCCCCCCC(=O)CC(=O)c1cc(OC(=O)c2ccccc2)ccc1O. The smallest absolute Gasteiger partial charge is 0.343 e. The van der Waals surface area contributed by atoms with Gasteiger partial charge in [-0.2, -0.15) is 0 Å². The van der Waals surface area contributed by atoms with Crippen LogP contribution in [0.5, 0.6) is 11.5 Å². The molecule has 5 heteroatoms. The molecule has 0 aromatic heterocycles. The summed E-state index contributed by atoms with van der Waals surface area (Å²) in [6.45, 7) is 2.18. The number of esters is 1. The van der Waals surface area contributed by atoms with Crippen LogP contribution < -0.4 is 4.74 Å². The van der Waals surface area contributed by atoms with Crippen molar-refractivity contribution in [2.75, 3.05) is 0 Å². The van der Waals surface area contributed by atoms with Crippen LogP contribution in [0.15, 0.2) is 48.5 Å². The zero-order valence-electron chi connectivity index (χ0n) is 17.6. The molecule has 160 valence electrons. The molecule has 0 bridgehead atoms. The van der Waals surface area contributed by atoms with Gasteiger partial charge in [-0.15, -0.1) is 0 Å². The zero-order valence-corrected chi connectivity index (χ0v) is 17.6. The van der Waals surface area contributed by atoms with E-state index in [0.29, 0.717) is 12.0 Å². The third-order valence-electron chi connectivity index (χ3n) is 4.91. The molecule has 30 heavy (non-hydrogen) atoms. The molecular weight excluding hydrogens is 380 g/mol. The molecule has 0 radical (unpaired) electrons. The van der Waals surface area contributed by atoms with E-state index in [0.717, 1.165) is 19.3 Å². The van der Waals surface area contributed by atoms with Crippen LogP contribution in [0.2, 0.25) is 0 Å². The van der Waals surface area contributed by atoms with Gasteiger partial charge in [0.25, 0.3) is 0 Å². The first-order valence-electron chi connectivity index (χ1n) is 10.7. The average Bonchev–Trinajstić information content (AvgIpc) is 2.75. The Hall–Kier alpha value is -2.95. The van der Waals surface area contributed by atoms with E-state index in [4.69, 9.17) is 4.74 Å². The molecule has 0 atom stereocenters.